The number of benzene rings is 3. The first-order valence-corrected chi connectivity index (χ1v) is 12.9. The van der Waals surface area contributed by atoms with Crippen molar-refractivity contribution in [3.05, 3.63) is 94.6 Å². The molecule has 204 valence electrons. The van der Waals surface area contributed by atoms with Gasteiger partial charge in [0.15, 0.2) is 0 Å². The van der Waals surface area contributed by atoms with Gasteiger partial charge in [0.05, 0.1) is 38.0 Å². The molecule has 1 aliphatic rings. The Hall–Kier alpha value is -4.26. The van der Waals surface area contributed by atoms with E-state index >= 15 is 0 Å². The van der Waals surface area contributed by atoms with Crippen molar-refractivity contribution in [2.24, 2.45) is 0 Å². The number of amides is 1. The highest BCUT2D eigenvalue weighted by Crippen LogP contribution is 2.43. The van der Waals surface area contributed by atoms with Gasteiger partial charge in [-0.05, 0) is 59.4 Å². The number of nitrogens with zero attached hydrogens (tertiary/aromatic N) is 1. The van der Waals surface area contributed by atoms with Crippen molar-refractivity contribution >= 4 is 17.4 Å². The highest BCUT2D eigenvalue weighted by atomic mass is 16.5. The maximum absolute atomic E-state index is 13.5. The van der Waals surface area contributed by atoms with Crippen LogP contribution in [0.1, 0.15) is 56.0 Å². The molecular formula is C32H35NO6. The predicted octanol–water partition coefficient (Wildman–Crippen LogP) is 6.02. The maximum atomic E-state index is 13.5. The molecule has 7 nitrogen and oxygen atoms in total. The van der Waals surface area contributed by atoms with Gasteiger partial charge in [0, 0.05) is 6.54 Å². The van der Waals surface area contributed by atoms with Crippen LogP contribution in [0.25, 0.3) is 5.76 Å². The van der Waals surface area contributed by atoms with Crippen LogP contribution >= 0.6 is 0 Å². The maximum Gasteiger partial charge on any atom is 0.295 e. The molecule has 0 spiro atoms. The van der Waals surface area contributed by atoms with Gasteiger partial charge in [0.25, 0.3) is 11.7 Å². The lowest BCUT2D eigenvalue weighted by Gasteiger charge is -2.27. The van der Waals surface area contributed by atoms with Crippen molar-refractivity contribution in [2.75, 3.05) is 20.8 Å². The quantitative estimate of drug-likeness (QED) is 0.218. The van der Waals surface area contributed by atoms with Gasteiger partial charge in [-0.15, -0.1) is 0 Å². The van der Waals surface area contributed by atoms with Crippen LogP contribution in [0.2, 0.25) is 0 Å². The monoisotopic (exact) mass is 529 g/mol. The largest absolute Gasteiger partial charge is 0.507 e. The average Bonchev–Trinajstić information content (AvgIpc) is 3.17. The summed E-state index contributed by atoms with van der Waals surface area (Å²) in [6.07, 6.45) is 0. The summed E-state index contributed by atoms with van der Waals surface area (Å²) < 4.78 is 16.4. The Labute approximate surface area is 229 Å². The first kappa shape index (κ1) is 27.8. The van der Waals surface area contributed by atoms with E-state index in [2.05, 4.69) is 20.8 Å². The Bertz CT molecular complexity index is 1400. The van der Waals surface area contributed by atoms with E-state index in [1.807, 2.05) is 55.5 Å². The SMILES string of the molecule is CCOc1cccc(CN2C(=O)C(=O)/C(=C(/O)c3cc(OC)ccc3OC)C2c2ccc(C(C)(C)C)cc2)c1. The number of Topliss-reactive ketones (excluding diaryl/α,β-unsaturated/α-hetero) is 1. The normalized spacial score (nSPS) is 16.9. The standard InChI is InChI=1S/C32H35NO6/c1-7-39-24-10-8-9-20(17-24)19-33-28(21-11-13-22(14-12-21)32(2,3)4)27(30(35)31(33)36)29(34)25-18-23(37-5)15-16-26(25)38-6/h8-18,28,34H,7,19H2,1-6H3/b29-27+. The molecule has 0 bridgehead atoms. The molecule has 0 radical (unpaired) electrons. The molecule has 1 amide bonds. The number of ketones is 1. The summed E-state index contributed by atoms with van der Waals surface area (Å²) in [4.78, 5) is 28.5. The summed E-state index contributed by atoms with van der Waals surface area (Å²) in [5, 5.41) is 11.6. The third kappa shape index (κ3) is 5.62. The number of ether oxygens (including phenoxy) is 3. The summed E-state index contributed by atoms with van der Waals surface area (Å²) in [5.41, 5.74) is 2.82. The summed E-state index contributed by atoms with van der Waals surface area (Å²) in [7, 11) is 2.99. The lowest BCUT2D eigenvalue weighted by Crippen LogP contribution is -2.29. The molecule has 1 heterocycles. The number of hydrogen-bond donors (Lipinski definition) is 1. The number of methoxy groups -OCH3 is 2. The Morgan fingerprint density at radius 2 is 1.64 bits per heavy atom. The van der Waals surface area contributed by atoms with E-state index in [0.29, 0.717) is 29.4 Å². The molecular weight excluding hydrogens is 494 g/mol. The van der Waals surface area contributed by atoms with E-state index in [9.17, 15) is 14.7 Å². The summed E-state index contributed by atoms with van der Waals surface area (Å²) in [5.74, 6) is -0.261. The molecule has 1 aliphatic heterocycles. The van der Waals surface area contributed by atoms with E-state index in [0.717, 1.165) is 11.1 Å². The van der Waals surface area contributed by atoms with Crippen molar-refractivity contribution in [1.29, 1.82) is 0 Å². The second kappa shape index (κ2) is 11.2. The van der Waals surface area contributed by atoms with Gasteiger partial charge in [0.1, 0.15) is 23.0 Å². The summed E-state index contributed by atoms with van der Waals surface area (Å²) in [6, 6.07) is 19.4. The van der Waals surface area contributed by atoms with E-state index in [1.54, 1.807) is 18.2 Å². The summed E-state index contributed by atoms with van der Waals surface area (Å²) >= 11 is 0. The molecule has 1 fully saturated rings. The molecule has 3 aromatic rings. The molecule has 4 rings (SSSR count). The first-order chi connectivity index (χ1) is 18.6. The smallest absolute Gasteiger partial charge is 0.295 e. The fraction of sp³-hybridized carbons (Fsp3) is 0.312. The van der Waals surface area contributed by atoms with E-state index in [4.69, 9.17) is 14.2 Å². The van der Waals surface area contributed by atoms with Crippen LogP contribution in [-0.4, -0.2) is 42.5 Å². The topological polar surface area (TPSA) is 85.3 Å². The molecule has 39 heavy (non-hydrogen) atoms. The van der Waals surface area contributed by atoms with Gasteiger partial charge in [-0.25, -0.2) is 0 Å². The predicted molar refractivity (Wildman–Crippen MR) is 150 cm³/mol. The Balaban J connectivity index is 1.89. The number of rotatable bonds is 8. The van der Waals surface area contributed by atoms with Crippen LogP contribution in [0.4, 0.5) is 0 Å². The van der Waals surface area contributed by atoms with Gasteiger partial charge in [-0.1, -0.05) is 57.2 Å². The van der Waals surface area contributed by atoms with Crippen molar-refractivity contribution in [3.63, 3.8) is 0 Å². The number of likely N-dealkylation sites (tertiary alicyclic amines) is 1. The van der Waals surface area contributed by atoms with E-state index < -0.39 is 17.7 Å². The molecule has 1 unspecified atom stereocenters. The molecule has 1 saturated heterocycles. The van der Waals surface area contributed by atoms with Crippen LogP contribution < -0.4 is 14.2 Å². The Morgan fingerprint density at radius 1 is 0.923 bits per heavy atom. The third-order valence-electron chi connectivity index (χ3n) is 6.86. The van der Waals surface area contributed by atoms with Gasteiger partial charge >= 0.3 is 0 Å². The lowest BCUT2D eigenvalue weighted by atomic mass is 9.85. The van der Waals surface area contributed by atoms with Gasteiger partial charge in [-0.3, -0.25) is 9.59 Å². The van der Waals surface area contributed by atoms with Crippen LogP contribution in [0.5, 0.6) is 17.2 Å². The van der Waals surface area contributed by atoms with Crippen molar-refractivity contribution < 1.29 is 28.9 Å². The molecule has 1 N–H and O–H groups in total. The fourth-order valence-corrected chi connectivity index (χ4v) is 4.80. The highest BCUT2D eigenvalue weighted by Gasteiger charge is 2.46. The number of carbonyl (C=O) groups is 2. The highest BCUT2D eigenvalue weighted by molar-refractivity contribution is 6.46. The van der Waals surface area contributed by atoms with Crippen molar-refractivity contribution in [2.45, 2.75) is 45.7 Å². The third-order valence-corrected chi connectivity index (χ3v) is 6.86. The second-order valence-corrected chi connectivity index (χ2v) is 10.4. The minimum Gasteiger partial charge on any atom is -0.507 e. The molecule has 7 heteroatoms. The zero-order valence-electron chi connectivity index (χ0n) is 23.3. The molecule has 0 aliphatic carbocycles. The lowest BCUT2D eigenvalue weighted by molar-refractivity contribution is -0.140. The van der Waals surface area contributed by atoms with Crippen LogP contribution in [0.15, 0.2) is 72.3 Å². The molecule has 3 aromatic carbocycles. The van der Waals surface area contributed by atoms with Crippen molar-refractivity contribution in [1.82, 2.24) is 4.90 Å². The average molecular weight is 530 g/mol. The van der Waals surface area contributed by atoms with E-state index in [1.165, 1.54) is 19.1 Å². The molecule has 0 saturated carbocycles. The fourth-order valence-electron chi connectivity index (χ4n) is 4.80. The number of carbonyl (C=O) groups excluding carboxylic acids is 2. The first-order valence-electron chi connectivity index (χ1n) is 12.9. The molecule has 1 atom stereocenters. The number of aliphatic hydroxyl groups excluding tert-OH is 1. The zero-order valence-corrected chi connectivity index (χ0v) is 23.3. The Kier molecular flexibility index (Phi) is 8.00. The Morgan fingerprint density at radius 3 is 2.26 bits per heavy atom. The van der Waals surface area contributed by atoms with Gasteiger partial charge < -0.3 is 24.2 Å². The number of hydrogen-bond acceptors (Lipinski definition) is 6. The van der Waals surface area contributed by atoms with Crippen LogP contribution in [0, 0.1) is 0 Å². The van der Waals surface area contributed by atoms with Gasteiger partial charge in [-0.2, -0.15) is 0 Å². The minimum atomic E-state index is -0.814. The molecule has 0 aromatic heterocycles. The second-order valence-electron chi connectivity index (χ2n) is 10.4. The van der Waals surface area contributed by atoms with Crippen LogP contribution in [0.3, 0.4) is 0 Å². The minimum absolute atomic E-state index is 0.00368. The van der Waals surface area contributed by atoms with Crippen molar-refractivity contribution in [3.8, 4) is 17.2 Å². The number of aliphatic hydroxyl groups is 1. The van der Waals surface area contributed by atoms with E-state index in [-0.39, 0.29) is 28.9 Å². The summed E-state index contributed by atoms with van der Waals surface area (Å²) in [6.45, 7) is 8.93. The zero-order chi connectivity index (χ0) is 28.3. The van der Waals surface area contributed by atoms with Gasteiger partial charge in [0.2, 0.25) is 0 Å². The van der Waals surface area contributed by atoms with Crippen LogP contribution in [-0.2, 0) is 21.5 Å².